The molecule has 0 atom stereocenters. The molecule has 4 rings (SSSR count). The fourth-order valence-corrected chi connectivity index (χ4v) is 4.48. The molecule has 0 aliphatic heterocycles. The smallest absolute Gasteiger partial charge is 0.0434 e. The van der Waals surface area contributed by atoms with E-state index in [9.17, 15) is 0 Å². The molecule has 0 spiro atoms. The van der Waals surface area contributed by atoms with Crippen LogP contribution in [0.25, 0.3) is 30.9 Å². The summed E-state index contributed by atoms with van der Waals surface area (Å²) in [7, 11) is 0. The van der Waals surface area contributed by atoms with Crippen molar-refractivity contribution >= 4 is 69.8 Å². The van der Waals surface area contributed by atoms with E-state index < -0.39 is 0 Å². The van der Waals surface area contributed by atoms with E-state index in [1.54, 1.807) is 0 Å². The summed E-state index contributed by atoms with van der Waals surface area (Å²) in [6.07, 6.45) is 0. The summed E-state index contributed by atoms with van der Waals surface area (Å²) in [6.45, 7) is 0. The molecule has 0 radical (unpaired) electrons. The first-order valence-electron chi connectivity index (χ1n) is 5.93. The quantitative estimate of drug-likeness (QED) is 0.335. The second-order valence-electron chi connectivity index (χ2n) is 4.52. The van der Waals surface area contributed by atoms with Gasteiger partial charge < -0.3 is 0 Å². The normalized spacial score (nSPS) is 11.7. The van der Waals surface area contributed by atoms with Gasteiger partial charge in [0.15, 0.2) is 0 Å². The lowest BCUT2D eigenvalue weighted by atomic mass is 10.1. The third-order valence-corrected chi connectivity index (χ3v) is 5.50. The Morgan fingerprint density at radius 2 is 1.68 bits per heavy atom. The van der Waals surface area contributed by atoms with Gasteiger partial charge in [0.25, 0.3) is 0 Å². The number of thiophene rings is 1. The van der Waals surface area contributed by atoms with Crippen LogP contribution in [0.15, 0.2) is 53.0 Å². The van der Waals surface area contributed by atoms with E-state index >= 15 is 0 Å². The molecule has 0 saturated heterocycles. The van der Waals surface area contributed by atoms with Crippen LogP contribution in [-0.4, -0.2) is 0 Å². The minimum absolute atomic E-state index is 0.772. The van der Waals surface area contributed by atoms with Crippen LogP contribution in [0, 0.1) is 0 Å². The Morgan fingerprint density at radius 1 is 0.842 bits per heavy atom. The van der Waals surface area contributed by atoms with Gasteiger partial charge in [-0.25, -0.2) is 0 Å². The standard InChI is InChI=1S/C16H8BrClS/c17-14-8-13-10-3-1-2-4-15(10)19-16(13)11-6-5-9(18)7-12(11)14/h1-8H. The average molecular weight is 348 g/mol. The van der Waals surface area contributed by atoms with Crippen LogP contribution in [0.4, 0.5) is 0 Å². The molecule has 4 aromatic rings. The highest BCUT2D eigenvalue weighted by atomic mass is 79.9. The first kappa shape index (κ1) is 11.7. The SMILES string of the molecule is Clc1ccc2c(c1)c(Br)cc1c3ccccc3sc21. The monoisotopic (exact) mass is 346 g/mol. The molecule has 3 heteroatoms. The lowest BCUT2D eigenvalue weighted by Crippen LogP contribution is -1.76. The van der Waals surface area contributed by atoms with Gasteiger partial charge in [0.1, 0.15) is 0 Å². The molecule has 0 N–H and O–H groups in total. The van der Waals surface area contributed by atoms with E-state index in [0.29, 0.717) is 0 Å². The van der Waals surface area contributed by atoms with Crippen molar-refractivity contribution in [1.82, 2.24) is 0 Å². The summed E-state index contributed by atoms with van der Waals surface area (Å²) in [5.41, 5.74) is 0. The minimum Gasteiger partial charge on any atom is -0.135 e. The van der Waals surface area contributed by atoms with Crippen LogP contribution >= 0.6 is 38.9 Å². The molecule has 19 heavy (non-hydrogen) atoms. The molecule has 0 aliphatic rings. The molecule has 0 unspecified atom stereocenters. The Kier molecular flexibility index (Phi) is 2.59. The van der Waals surface area contributed by atoms with Crippen molar-refractivity contribution in [3.05, 3.63) is 58.0 Å². The summed E-state index contributed by atoms with van der Waals surface area (Å²) in [5, 5.41) is 5.83. The largest absolute Gasteiger partial charge is 0.135 e. The Bertz CT molecular complexity index is 940. The van der Waals surface area contributed by atoms with Crippen molar-refractivity contribution in [3.8, 4) is 0 Å². The van der Waals surface area contributed by atoms with Crippen LogP contribution in [-0.2, 0) is 0 Å². The third-order valence-electron chi connectivity index (χ3n) is 3.39. The van der Waals surface area contributed by atoms with Crippen molar-refractivity contribution in [1.29, 1.82) is 0 Å². The molecule has 1 aromatic heterocycles. The highest BCUT2D eigenvalue weighted by Crippen LogP contribution is 2.41. The fraction of sp³-hybridized carbons (Fsp3) is 0. The number of halogens is 2. The molecule has 3 aromatic carbocycles. The molecule has 0 fully saturated rings. The van der Waals surface area contributed by atoms with Gasteiger partial charge in [-0.3, -0.25) is 0 Å². The minimum atomic E-state index is 0.772. The number of benzene rings is 3. The van der Waals surface area contributed by atoms with Gasteiger partial charge in [-0.2, -0.15) is 0 Å². The first-order chi connectivity index (χ1) is 9.24. The molecule has 92 valence electrons. The second kappa shape index (κ2) is 4.20. The van der Waals surface area contributed by atoms with Gasteiger partial charge in [0.2, 0.25) is 0 Å². The number of fused-ring (bicyclic) bond motifs is 5. The zero-order chi connectivity index (χ0) is 13.0. The first-order valence-corrected chi connectivity index (χ1v) is 7.92. The van der Waals surface area contributed by atoms with Gasteiger partial charge in [0.05, 0.1) is 0 Å². The lowest BCUT2D eigenvalue weighted by Gasteiger charge is -2.03. The van der Waals surface area contributed by atoms with E-state index in [1.165, 1.54) is 30.9 Å². The summed E-state index contributed by atoms with van der Waals surface area (Å²) < 4.78 is 3.75. The molecule has 0 saturated carbocycles. The Balaban J connectivity index is 2.32. The van der Waals surface area contributed by atoms with E-state index in [1.807, 2.05) is 23.5 Å². The fourth-order valence-electron chi connectivity index (χ4n) is 2.53. The van der Waals surface area contributed by atoms with Crippen LogP contribution in [0.5, 0.6) is 0 Å². The van der Waals surface area contributed by atoms with Crippen molar-refractivity contribution < 1.29 is 0 Å². The Hall–Kier alpha value is -1.09. The number of hydrogen-bond donors (Lipinski definition) is 0. The molecule has 0 nitrogen and oxygen atoms in total. The predicted octanol–water partition coefficient (Wildman–Crippen LogP) is 6.62. The number of hydrogen-bond acceptors (Lipinski definition) is 1. The molecule has 0 bridgehead atoms. The zero-order valence-electron chi connectivity index (χ0n) is 9.78. The maximum atomic E-state index is 6.10. The van der Waals surface area contributed by atoms with Gasteiger partial charge in [0, 0.05) is 35.1 Å². The van der Waals surface area contributed by atoms with Crippen LogP contribution in [0.1, 0.15) is 0 Å². The van der Waals surface area contributed by atoms with Crippen molar-refractivity contribution in [2.75, 3.05) is 0 Å². The zero-order valence-corrected chi connectivity index (χ0v) is 12.9. The molecule has 0 amide bonds. The maximum absolute atomic E-state index is 6.10. The van der Waals surface area contributed by atoms with E-state index in [4.69, 9.17) is 11.6 Å². The Labute approximate surface area is 127 Å². The lowest BCUT2D eigenvalue weighted by molar-refractivity contribution is 1.78. The summed E-state index contributed by atoms with van der Waals surface area (Å²) in [6, 6.07) is 16.8. The number of rotatable bonds is 0. The van der Waals surface area contributed by atoms with E-state index in [0.717, 1.165) is 9.50 Å². The highest BCUT2D eigenvalue weighted by Gasteiger charge is 2.10. The topological polar surface area (TPSA) is 0 Å². The average Bonchev–Trinajstić information content (AvgIpc) is 2.78. The predicted molar refractivity (Wildman–Crippen MR) is 89.5 cm³/mol. The van der Waals surface area contributed by atoms with Gasteiger partial charge >= 0.3 is 0 Å². The van der Waals surface area contributed by atoms with Crippen LogP contribution in [0.2, 0.25) is 5.02 Å². The van der Waals surface area contributed by atoms with E-state index in [-0.39, 0.29) is 0 Å². The van der Waals surface area contributed by atoms with E-state index in [2.05, 4.69) is 52.3 Å². The van der Waals surface area contributed by atoms with Crippen molar-refractivity contribution in [3.63, 3.8) is 0 Å². The highest BCUT2D eigenvalue weighted by molar-refractivity contribution is 9.10. The van der Waals surface area contributed by atoms with Crippen LogP contribution < -0.4 is 0 Å². The third kappa shape index (κ3) is 1.71. The molecular weight excluding hydrogens is 340 g/mol. The molecule has 1 heterocycles. The molecular formula is C16H8BrClS. The summed E-state index contributed by atoms with van der Waals surface area (Å²) in [5.74, 6) is 0. The second-order valence-corrected chi connectivity index (χ2v) is 6.87. The van der Waals surface area contributed by atoms with Crippen molar-refractivity contribution in [2.45, 2.75) is 0 Å². The molecule has 0 aliphatic carbocycles. The van der Waals surface area contributed by atoms with Gasteiger partial charge in [-0.1, -0.05) is 51.8 Å². The van der Waals surface area contributed by atoms with Crippen LogP contribution in [0.3, 0.4) is 0 Å². The van der Waals surface area contributed by atoms with Gasteiger partial charge in [-0.15, -0.1) is 11.3 Å². The Morgan fingerprint density at radius 3 is 2.58 bits per heavy atom. The maximum Gasteiger partial charge on any atom is 0.0434 e. The van der Waals surface area contributed by atoms with Gasteiger partial charge in [-0.05, 0) is 29.7 Å². The van der Waals surface area contributed by atoms with Crippen molar-refractivity contribution in [2.24, 2.45) is 0 Å². The summed E-state index contributed by atoms with van der Waals surface area (Å²) >= 11 is 11.6. The summed E-state index contributed by atoms with van der Waals surface area (Å²) in [4.78, 5) is 0.